The number of nitrogens with zero attached hydrogens (tertiary/aromatic N) is 1. The van der Waals surface area contributed by atoms with Crippen molar-refractivity contribution >= 4 is 23.8 Å². The summed E-state index contributed by atoms with van der Waals surface area (Å²) in [6, 6.07) is 17.8. The first-order chi connectivity index (χ1) is 9.19. The number of para-hydroxylation sites is 2. The minimum Gasteiger partial charge on any atom is -0.258 e. The average molecular weight is 256 g/mol. The fourth-order valence-electron chi connectivity index (χ4n) is 1.90. The number of hydroxylamine groups is 1. The molecule has 0 N–H and O–H groups in total. The second-order valence-corrected chi connectivity index (χ2v) is 4.02. The van der Waals surface area contributed by atoms with Crippen LogP contribution >= 0.6 is 0 Å². The van der Waals surface area contributed by atoms with Crippen LogP contribution in [0.3, 0.4) is 0 Å². The van der Waals surface area contributed by atoms with E-state index in [1.165, 1.54) is 6.92 Å². The predicted octanol–water partition coefficient (Wildman–Crippen LogP) is 2.96. The van der Waals surface area contributed by atoms with Crippen LogP contribution in [0.4, 0.5) is 11.4 Å². The van der Waals surface area contributed by atoms with Crippen molar-refractivity contribution < 1.29 is 14.4 Å². The minimum absolute atomic E-state index is 0.528. The molecule has 0 aliphatic rings. The molecule has 4 heteroatoms. The molecule has 0 aliphatic heterocycles. The zero-order valence-corrected chi connectivity index (χ0v) is 10.5. The Bertz CT molecular complexity index is 527. The molecule has 0 aliphatic carbocycles. The van der Waals surface area contributed by atoms with Gasteiger partial charge in [0.1, 0.15) is 0 Å². The summed E-state index contributed by atoms with van der Waals surface area (Å²) in [6.45, 7) is 1.28. The van der Waals surface area contributed by atoms with Crippen LogP contribution in [0.2, 0.25) is 0 Å². The van der Waals surface area contributed by atoms with Crippen molar-refractivity contribution in [2.45, 2.75) is 6.92 Å². The smallest absolute Gasteiger partial charge is 0.258 e. The summed E-state index contributed by atoms with van der Waals surface area (Å²) >= 11 is 0. The fourth-order valence-corrected chi connectivity index (χ4v) is 1.90. The highest BCUT2D eigenvalue weighted by molar-refractivity contribution is 5.81. The zero-order chi connectivity index (χ0) is 13.7. The van der Waals surface area contributed by atoms with Crippen LogP contribution < -0.4 is 4.65 Å². The quantitative estimate of drug-likeness (QED) is 0.480. The van der Waals surface area contributed by atoms with Crippen LogP contribution in [0, 0.1) is 0 Å². The first-order valence-corrected chi connectivity index (χ1v) is 5.85. The fraction of sp³-hybridized carbons (Fsp3) is 0.0667. The maximum Gasteiger partial charge on any atom is 0.365 e. The van der Waals surface area contributed by atoms with E-state index >= 15 is 0 Å². The van der Waals surface area contributed by atoms with Crippen LogP contribution in [0.1, 0.15) is 6.92 Å². The van der Waals surface area contributed by atoms with Crippen molar-refractivity contribution in [3.8, 4) is 0 Å². The number of hydrogen-bond acceptors (Lipinski definition) is 3. The number of quaternary nitrogens is 1. The van der Waals surface area contributed by atoms with E-state index < -0.39 is 10.6 Å². The van der Waals surface area contributed by atoms with Gasteiger partial charge < -0.3 is 0 Å². The number of hydrogen-bond donors (Lipinski definition) is 0. The largest absolute Gasteiger partial charge is 0.365 e. The van der Waals surface area contributed by atoms with Crippen LogP contribution in [-0.2, 0) is 14.4 Å². The number of carbonyl (C=O) groups excluding carboxylic acids is 2. The van der Waals surface area contributed by atoms with E-state index in [1.807, 2.05) is 12.1 Å². The second-order valence-electron chi connectivity index (χ2n) is 4.02. The van der Waals surface area contributed by atoms with E-state index in [2.05, 4.69) is 0 Å². The van der Waals surface area contributed by atoms with Crippen molar-refractivity contribution in [1.29, 1.82) is 0 Å². The Morgan fingerprint density at radius 1 is 0.947 bits per heavy atom. The van der Waals surface area contributed by atoms with Crippen LogP contribution in [-0.4, -0.2) is 12.4 Å². The molecule has 0 heterocycles. The lowest BCUT2D eigenvalue weighted by Crippen LogP contribution is -2.44. The molecule has 0 spiro atoms. The molecule has 1 amide bonds. The normalized spacial score (nSPS) is 10.8. The van der Waals surface area contributed by atoms with Gasteiger partial charge in [0.25, 0.3) is 0 Å². The first kappa shape index (κ1) is 13.0. The minimum atomic E-state index is -0.600. The van der Waals surface area contributed by atoms with E-state index in [0.717, 1.165) is 0 Å². The van der Waals surface area contributed by atoms with Gasteiger partial charge in [-0.1, -0.05) is 36.4 Å². The molecular weight excluding hydrogens is 242 g/mol. The summed E-state index contributed by atoms with van der Waals surface area (Å²) in [5.41, 5.74) is 1.14. The van der Waals surface area contributed by atoms with E-state index in [1.54, 1.807) is 48.5 Å². The van der Waals surface area contributed by atoms with Crippen molar-refractivity contribution in [3.05, 3.63) is 60.7 Å². The van der Waals surface area contributed by atoms with Crippen molar-refractivity contribution in [1.82, 2.24) is 4.65 Å². The molecule has 0 saturated heterocycles. The van der Waals surface area contributed by atoms with Gasteiger partial charge in [-0.25, -0.2) is 9.59 Å². The van der Waals surface area contributed by atoms with Crippen molar-refractivity contribution in [2.75, 3.05) is 0 Å². The Hall–Kier alpha value is -2.46. The van der Waals surface area contributed by atoms with Gasteiger partial charge in [0, 0.05) is 31.2 Å². The highest BCUT2D eigenvalue weighted by Gasteiger charge is 2.38. The molecule has 2 aromatic carbocycles. The number of benzene rings is 2. The molecule has 4 nitrogen and oxygen atoms in total. The molecule has 2 aromatic rings. The molecule has 0 atom stereocenters. The van der Waals surface area contributed by atoms with Gasteiger partial charge in [-0.3, -0.25) is 4.84 Å². The topological polar surface area (TPSA) is 43.4 Å². The van der Waals surface area contributed by atoms with Gasteiger partial charge in [0.2, 0.25) is 0 Å². The van der Waals surface area contributed by atoms with Gasteiger partial charge in [0.15, 0.2) is 11.4 Å². The molecule has 0 aromatic heterocycles. The summed E-state index contributed by atoms with van der Waals surface area (Å²) < 4.78 is -0.600. The molecule has 0 saturated carbocycles. The number of rotatable bonds is 4. The maximum atomic E-state index is 11.7. The lowest BCUT2D eigenvalue weighted by molar-refractivity contribution is -0.174. The lowest BCUT2D eigenvalue weighted by atomic mass is 10.2. The average Bonchev–Trinajstić information content (AvgIpc) is 2.46. The predicted molar refractivity (Wildman–Crippen MR) is 72.2 cm³/mol. The van der Waals surface area contributed by atoms with Crippen LogP contribution in [0.5, 0.6) is 0 Å². The summed E-state index contributed by atoms with van der Waals surface area (Å²) in [7, 11) is 0. The Labute approximate surface area is 111 Å². The number of amides is 1. The van der Waals surface area contributed by atoms with Crippen LogP contribution in [0.15, 0.2) is 60.7 Å². The molecular formula is C15H14NO3+. The standard InChI is InChI=1S/C15H14NO3/c1-13(18)19-16(12-17,14-8-4-2-5-9-14)15-10-6-3-7-11-15/h2-12H,1H3/q+1. The monoisotopic (exact) mass is 256 g/mol. The third kappa shape index (κ3) is 2.53. The van der Waals surface area contributed by atoms with E-state index in [0.29, 0.717) is 17.8 Å². The summed E-state index contributed by atoms with van der Waals surface area (Å²) in [5.74, 6) is -0.528. The molecule has 0 radical (unpaired) electrons. The molecule has 0 unspecified atom stereocenters. The molecule has 0 fully saturated rings. The Morgan fingerprint density at radius 3 is 1.68 bits per heavy atom. The van der Waals surface area contributed by atoms with Gasteiger partial charge in [-0.05, 0) is 4.65 Å². The Kier molecular flexibility index (Phi) is 3.73. The van der Waals surface area contributed by atoms with Gasteiger partial charge in [0.05, 0.1) is 0 Å². The highest BCUT2D eigenvalue weighted by Crippen LogP contribution is 2.33. The third-order valence-electron chi connectivity index (χ3n) is 2.70. The molecule has 19 heavy (non-hydrogen) atoms. The molecule has 0 bridgehead atoms. The molecule has 96 valence electrons. The van der Waals surface area contributed by atoms with Gasteiger partial charge in [-0.15, -0.1) is 0 Å². The van der Waals surface area contributed by atoms with Gasteiger partial charge >= 0.3 is 12.4 Å². The maximum absolute atomic E-state index is 11.7. The summed E-state index contributed by atoms with van der Waals surface area (Å²) in [6.07, 6.45) is 0.603. The summed E-state index contributed by atoms with van der Waals surface area (Å²) in [5, 5.41) is 0. The SMILES string of the molecule is CC(=O)O[N+](C=O)(c1ccccc1)c1ccccc1. The Balaban J connectivity index is 2.61. The van der Waals surface area contributed by atoms with Crippen LogP contribution in [0.25, 0.3) is 0 Å². The third-order valence-corrected chi connectivity index (χ3v) is 2.70. The lowest BCUT2D eigenvalue weighted by Gasteiger charge is -2.26. The zero-order valence-electron chi connectivity index (χ0n) is 10.5. The highest BCUT2D eigenvalue weighted by atomic mass is 16.7. The Morgan fingerprint density at radius 2 is 1.37 bits per heavy atom. The molecule has 2 rings (SSSR count). The summed E-state index contributed by atoms with van der Waals surface area (Å²) in [4.78, 5) is 28.3. The van der Waals surface area contributed by atoms with Crippen molar-refractivity contribution in [3.63, 3.8) is 0 Å². The second kappa shape index (κ2) is 5.46. The number of carbonyl (C=O) groups is 2. The first-order valence-electron chi connectivity index (χ1n) is 5.85. The van der Waals surface area contributed by atoms with E-state index in [4.69, 9.17) is 4.84 Å². The van der Waals surface area contributed by atoms with E-state index in [9.17, 15) is 9.59 Å². The van der Waals surface area contributed by atoms with Crippen molar-refractivity contribution in [2.24, 2.45) is 0 Å². The van der Waals surface area contributed by atoms with E-state index in [-0.39, 0.29) is 0 Å². The van der Waals surface area contributed by atoms with Gasteiger partial charge in [-0.2, -0.15) is 0 Å².